The Labute approximate surface area is 169 Å². The molecule has 0 N–H and O–H groups in total. The quantitative estimate of drug-likeness (QED) is 0.746. The minimum atomic E-state index is 0.339. The normalized spacial score (nSPS) is 27.3. The zero-order valence-corrected chi connectivity index (χ0v) is 19.1. The summed E-state index contributed by atoms with van der Waals surface area (Å²) in [6.07, 6.45) is 5.48. The first-order valence-electron chi connectivity index (χ1n) is 11.6. The van der Waals surface area contributed by atoms with Gasteiger partial charge in [-0.15, -0.1) is 0 Å². The summed E-state index contributed by atoms with van der Waals surface area (Å²) < 4.78 is 0. The number of piperazine rings is 1. The first-order chi connectivity index (χ1) is 12.6. The van der Waals surface area contributed by atoms with Crippen LogP contribution in [0.5, 0.6) is 0 Å². The molecule has 0 atom stereocenters. The maximum Gasteiger partial charge on any atom is 0.0125 e. The summed E-state index contributed by atoms with van der Waals surface area (Å²) in [6.45, 7) is 25.8. The second-order valence-corrected chi connectivity index (χ2v) is 11.5. The van der Waals surface area contributed by atoms with Crippen LogP contribution < -0.4 is 0 Å². The third-order valence-corrected chi connectivity index (χ3v) is 7.05. The van der Waals surface area contributed by atoms with Gasteiger partial charge in [-0.2, -0.15) is 0 Å². The molecule has 3 fully saturated rings. The van der Waals surface area contributed by atoms with Crippen molar-refractivity contribution < 1.29 is 0 Å². The van der Waals surface area contributed by atoms with Gasteiger partial charge in [-0.25, -0.2) is 0 Å². The molecule has 3 heterocycles. The predicted octanol–water partition coefficient (Wildman–Crippen LogP) is 3.38. The maximum atomic E-state index is 2.81. The average Bonchev–Trinajstić information content (AvgIpc) is 2.61. The molecule has 0 aliphatic carbocycles. The highest BCUT2D eigenvalue weighted by molar-refractivity contribution is 4.89. The SMILES string of the molecule is CC(C)(C)CN1CCC(N2CCN(C3CCN(C(C)(C)C)CC3)CC2)CC1. The number of nitrogens with zero attached hydrogens (tertiary/aromatic N) is 4. The minimum absolute atomic E-state index is 0.339. The van der Waals surface area contributed by atoms with E-state index >= 15 is 0 Å². The van der Waals surface area contributed by atoms with E-state index in [1.54, 1.807) is 0 Å². The Kier molecular flexibility index (Phi) is 6.93. The lowest BCUT2D eigenvalue weighted by Gasteiger charge is -2.48. The fraction of sp³-hybridized carbons (Fsp3) is 1.00. The minimum Gasteiger partial charge on any atom is -0.303 e. The Morgan fingerprint density at radius 3 is 1.37 bits per heavy atom. The van der Waals surface area contributed by atoms with E-state index in [0.717, 1.165) is 12.1 Å². The highest BCUT2D eigenvalue weighted by atomic mass is 15.3. The number of hydrogen-bond donors (Lipinski definition) is 0. The molecule has 27 heavy (non-hydrogen) atoms. The van der Waals surface area contributed by atoms with Crippen molar-refractivity contribution in [1.29, 1.82) is 0 Å². The molecule has 4 heteroatoms. The van der Waals surface area contributed by atoms with Crippen molar-refractivity contribution in [3.63, 3.8) is 0 Å². The summed E-state index contributed by atoms with van der Waals surface area (Å²) in [5.74, 6) is 0. The van der Waals surface area contributed by atoms with Crippen LogP contribution in [0.3, 0.4) is 0 Å². The smallest absolute Gasteiger partial charge is 0.0125 e. The highest BCUT2D eigenvalue weighted by Crippen LogP contribution is 2.26. The van der Waals surface area contributed by atoms with Crippen LogP contribution in [0.25, 0.3) is 0 Å². The summed E-state index contributed by atoms with van der Waals surface area (Å²) in [4.78, 5) is 11.0. The van der Waals surface area contributed by atoms with Crippen LogP contribution in [0.1, 0.15) is 67.2 Å². The topological polar surface area (TPSA) is 13.0 Å². The lowest BCUT2D eigenvalue weighted by molar-refractivity contribution is 0.0107. The summed E-state index contributed by atoms with van der Waals surface area (Å²) in [5, 5.41) is 0. The van der Waals surface area contributed by atoms with Crippen LogP contribution in [-0.2, 0) is 0 Å². The zero-order chi connectivity index (χ0) is 19.7. The summed E-state index contributed by atoms with van der Waals surface area (Å²) >= 11 is 0. The fourth-order valence-corrected chi connectivity index (χ4v) is 5.48. The summed E-state index contributed by atoms with van der Waals surface area (Å²) in [6, 6.07) is 1.67. The second kappa shape index (κ2) is 8.69. The molecule has 0 aromatic carbocycles. The molecule has 0 amide bonds. The van der Waals surface area contributed by atoms with Gasteiger partial charge >= 0.3 is 0 Å². The van der Waals surface area contributed by atoms with E-state index < -0.39 is 0 Å². The molecule has 0 radical (unpaired) electrons. The molecule has 0 unspecified atom stereocenters. The van der Waals surface area contributed by atoms with Crippen molar-refractivity contribution >= 4 is 0 Å². The Morgan fingerprint density at radius 2 is 1.00 bits per heavy atom. The van der Waals surface area contributed by atoms with E-state index in [9.17, 15) is 0 Å². The average molecular weight is 379 g/mol. The predicted molar refractivity (Wildman–Crippen MR) is 116 cm³/mol. The number of likely N-dealkylation sites (tertiary alicyclic amines) is 2. The van der Waals surface area contributed by atoms with E-state index in [1.807, 2.05) is 0 Å². The molecule has 4 nitrogen and oxygen atoms in total. The molecular formula is C23H46N4. The third-order valence-electron chi connectivity index (χ3n) is 7.05. The molecule has 3 saturated heterocycles. The van der Waals surface area contributed by atoms with Crippen molar-refractivity contribution in [2.75, 3.05) is 58.9 Å². The molecule has 158 valence electrons. The van der Waals surface area contributed by atoms with Crippen LogP contribution in [0.2, 0.25) is 0 Å². The van der Waals surface area contributed by atoms with Crippen molar-refractivity contribution in [1.82, 2.24) is 19.6 Å². The Morgan fingerprint density at radius 1 is 0.593 bits per heavy atom. The van der Waals surface area contributed by atoms with Gasteiger partial charge < -0.3 is 4.90 Å². The molecule has 3 aliphatic heterocycles. The number of hydrogen-bond acceptors (Lipinski definition) is 4. The van der Waals surface area contributed by atoms with Gasteiger partial charge in [0.25, 0.3) is 0 Å². The fourth-order valence-electron chi connectivity index (χ4n) is 5.48. The molecular weight excluding hydrogens is 332 g/mol. The van der Waals surface area contributed by atoms with Gasteiger partial charge in [-0.05, 0) is 65.0 Å². The molecule has 0 aromatic rings. The first kappa shape index (κ1) is 21.5. The lowest BCUT2D eigenvalue weighted by atomic mass is 9.93. The molecule has 0 saturated carbocycles. The third kappa shape index (κ3) is 6.16. The largest absolute Gasteiger partial charge is 0.303 e. The Balaban J connectivity index is 1.38. The maximum absolute atomic E-state index is 2.81. The highest BCUT2D eigenvalue weighted by Gasteiger charge is 2.33. The summed E-state index contributed by atoms with van der Waals surface area (Å²) in [5.41, 5.74) is 0.770. The van der Waals surface area contributed by atoms with Crippen molar-refractivity contribution in [2.45, 2.75) is 84.8 Å². The van der Waals surface area contributed by atoms with E-state index in [2.05, 4.69) is 61.1 Å². The van der Waals surface area contributed by atoms with Gasteiger partial charge in [-0.1, -0.05) is 20.8 Å². The van der Waals surface area contributed by atoms with Crippen LogP contribution in [0.4, 0.5) is 0 Å². The van der Waals surface area contributed by atoms with Crippen LogP contribution in [0, 0.1) is 5.41 Å². The zero-order valence-electron chi connectivity index (χ0n) is 19.1. The van der Waals surface area contributed by atoms with E-state index in [4.69, 9.17) is 0 Å². The standard InChI is InChI=1S/C23H46N4/c1-22(2,3)19-24-11-7-20(8-12-24)25-15-17-26(18-16-25)21-9-13-27(14-10-21)23(4,5)6/h20-21H,7-19H2,1-6H3. The molecule has 3 aliphatic rings. The van der Waals surface area contributed by atoms with Crippen molar-refractivity contribution in [3.8, 4) is 0 Å². The first-order valence-corrected chi connectivity index (χ1v) is 11.6. The Bertz CT molecular complexity index is 440. The second-order valence-electron chi connectivity index (χ2n) is 11.5. The van der Waals surface area contributed by atoms with Crippen molar-refractivity contribution in [3.05, 3.63) is 0 Å². The Hall–Kier alpha value is -0.160. The van der Waals surface area contributed by atoms with Gasteiger partial charge in [-0.3, -0.25) is 14.7 Å². The molecule has 0 spiro atoms. The van der Waals surface area contributed by atoms with Gasteiger partial charge in [0.1, 0.15) is 0 Å². The van der Waals surface area contributed by atoms with E-state index in [1.165, 1.54) is 84.6 Å². The number of piperidine rings is 2. The van der Waals surface area contributed by atoms with Crippen LogP contribution in [-0.4, -0.2) is 96.1 Å². The molecule has 3 rings (SSSR count). The van der Waals surface area contributed by atoms with Gasteiger partial charge in [0, 0.05) is 63.4 Å². The van der Waals surface area contributed by atoms with E-state index in [0.29, 0.717) is 11.0 Å². The van der Waals surface area contributed by atoms with E-state index in [-0.39, 0.29) is 0 Å². The van der Waals surface area contributed by atoms with Crippen LogP contribution in [0.15, 0.2) is 0 Å². The van der Waals surface area contributed by atoms with Gasteiger partial charge in [0.05, 0.1) is 0 Å². The molecule has 0 aromatic heterocycles. The summed E-state index contributed by atoms with van der Waals surface area (Å²) in [7, 11) is 0. The van der Waals surface area contributed by atoms with Crippen molar-refractivity contribution in [2.24, 2.45) is 5.41 Å². The van der Waals surface area contributed by atoms with Crippen LogP contribution >= 0.6 is 0 Å². The lowest BCUT2D eigenvalue weighted by Crippen LogP contribution is -2.57. The number of rotatable bonds is 3. The van der Waals surface area contributed by atoms with Gasteiger partial charge in [0.15, 0.2) is 0 Å². The van der Waals surface area contributed by atoms with Gasteiger partial charge in [0.2, 0.25) is 0 Å². The molecule has 0 bridgehead atoms. The monoisotopic (exact) mass is 378 g/mol.